The summed E-state index contributed by atoms with van der Waals surface area (Å²) in [6.07, 6.45) is 3.31. The topological polar surface area (TPSA) is 145 Å². The molecule has 0 spiro atoms. The number of anilines is 2. The molecule has 3 aromatic heterocycles. The van der Waals surface area contributed by atoms with Crippen molar-refractivity contribution >= 4 is 46.0 Å². The highest BCUT2D eigenvalue weighted by Crippen LogP contribution is 2.33. The van der Waals surface area contributed by atoms with Crippen LogP contribution in [-0.4, -0.2) is 71.7 Å². The van der Waals surface area contributed by atoms with E-state index < -0.39 is 0 Å². The number of hydrogen-bond donors (Lipinski definition) is 5. The Balaban J connectivity index is 0.971. The molecule has 11 heteroatoms. The third kappa shape index (κ3) is 9.76. The molecule has 1 unspecified atom stereocenters. The van der Waals surface area contributed by atoms with Crippen molar-refractivity contribution in [1.29, 1.82) is 0 Å². The largest absolute Gasteiger partial charge is 0.370 e. The minimum absolute atomic E-state index is 0.00280. The predicted molar refractivity (Wildman–Crippen MR) is 169 cm³/mol. The lowest BCUT2D eigenvalue weighted by Gasteiger charge is -2.19. The maximum Gasteiger partial charge on any atom is 0.221 e. The van der Waals surface area contributed by atoms with Crippen LogP contribution in [0.5, 0.6) is 0 Å². The average Bonchev–Trinajstić information content (AvgIpc) is 2.96. The molecule has 0 bridgehead atoms. The number of carbonyl (C=O) groups is 2. The van der Waals surface area contributed by atoms with Gasteiger partial charge in [0.05, 0.1) is 0 Å². The number of nitrogens with one attached hydrogen (secondary N) is 5. The molecule has 0 saturated heterocycles. The normalized spacial score (nSPS) is 14.2. The van der Waals surface area contributed by atoms with Gasteiger partial charge < -0.3 is 26.6 Å². The molecule has 3 aromatic rings. The number of rotatable bonds is 16. The van der Waals surface area contributed by atoms with Gasteiger partial charge in [0.15, 0.2) is 11.5 Å². The van der Waals surface area contributed by atoms with Crippen molar-refractivity contribution in [3.8, 4) is 0 Å². The summed E-state index contributed by atoms with van der Waals surface area (Å²) in [7, 11) is 0. The second-order valence-electron chi connectivity index (χ2n) is 10.8. The Bertz CT molecular complexity index is 1390. The van der Waals surface area contributed by atoms with Crippen molar-refractivity contribution in [3.63, 3.8) is 0 Å². The summed E-state index contributed by atoms with van der Waals surface area (Å²) < 4.78 is 0. The Kier molecular flexibility index (Phi) is 11.6. The standard InChI is InChI=1S/C31H43N9O2/c1-21-20-23(3)38-31-25(21)9-11-27(40-31)34-15-5-17-36-29(42)13-19-32-18-12-28(41)35-16-4-14-33-26-10-8-24-7-6-22(2)37-30(24)39-26/h6-11,21,32H,4-5,12-20H2,1-3H3,(H,34,40)(H,35,41)(H,36,42)(H,33,37,39). The second-order valence-corrected chi connectivity index (χ2v) is 10.8. The first-order chi connectivity index (χ1) is 20.4. The van der Waals surface area contributed by atoms with Crippen molar-refractivity contribution < 1.29 is 9.59 Å². The van der Waals surface area contributed by atoms with Gasteiger partial charge in [-0.1, -0.05) is 13.0 Å². The van der Waals surface area contributed by atoms with Crippen molar-refractivity contribution in [2.45, 2.75) is 58.8 Å². The van der Waals surface area contributed by atoms with Crippen LogP contribution in [0.1, 0.15) is 63.1 Å². The van der Waals surface area contributed by atoms with Crippen LogP contribution in [0.3, 0.4) is 0 Å². The fraction of sp³-hybridized carbons (Fsp3) is 0.484. The van der Waals surface area contributed by atoms with Gasteiger partial charge >= 0.3 is 0 Å². The molecule has 224 valence electrons. The van der Waals surface area contributed by atoms with Crippen molar-refractivity contribution in [1.82, 2.24) is 30.9 Å². The summed E-state index contributed by atoms with van der Waals surface area (Å²) in [5.74, 6) is 2.83. The lowest BCUT2D eigenvalue weighted by Crippen LogP contribution is -2.32. The monoisotopic (exact) mass is 573 g/mol. The first-order valence-electron chi connectivity index (χ1n) is 14.9. The van der Waals surface area contributed by atoms with Gasteiger partial charge in [-0.05, 0) is 69.4 Å². The van der Waals surface area contributed by atoms with Gasteiger partial charge in [0, 0.05) is 74.5 Å². The highest BCUT2D eigenvalue weighted by atomic mass is 16.2. The molecule has 11 nitrogen and oxygen atoms in total. The summed E-state index contributed by atoms with van der Waals surface area (Å²) in [6, 6.07) is 12.0. The highest BCUT2D eigenvalue weighted by molar-refractivity contribution is 5.87. The number of aliphatic imine (C=N–C) groups is 1. The number of aromatic nitrogens is 3. The molecule has 0 aromatic carbocycles. The molecule has 5 N–H and O–H groups in total. The van der Waals surface area contributed by atoms with E-state index in [2.05, 4.69) is 59.5 Å². The molecule has 0 radical (unpaired) electrons. The average molecular weight is 574 g/mol. The second kappa shape index (κ2) is 15.8. The van der Waals surface area contributed by atoms with Gasteiger partial charge in [-0.25, -0.2) is 19.9 Å². The van der Waals surface area contributed by atoms with Gasteiger partial charge in [0.2, 0.25) is 11.8 Å². The van der Waals surface area contributed by atoms with E-state index in [-0.39, 0.29) is 11.8 Å². The van der Waals surface area contributed by atoms with Crippen LogP contribution in [0.25, 0.3) is 11.0 Å². The summed E-state index contributed by atoms with van der Waals surface area (Å²) in [4.78, 5) is 42.4. The van der Waals surface area contributed by atoms with E-state index in [0.717, 1.165) is 59.2 Å². The zero-order chi connectivity index (χ0) is 29.7. The number of amides is 2. The van der Waals surface area contributed by atoms with Gasteiger partial charge in [0.1, 0.15) is 11.6 Å². The summed E-state index contributed by atoms with van der Waals surface area (Å²) in [5.41, 5.74) is 3.97. The third-order valence-corrected chi connectivity index (χ3v) is 7.05. The number of fused-ring (bicyclic) bond motifs is 2. The summed E-state index contributed by atoms with van der Waals surface area (Å²) in [5, 5.41) is 16.6. The Morgan fingerprint density at radius 2 is 1.38 bits per heavy atom. The maximum absolute atomic E-state index is 12.1. The summed E-state index contributed by atoms with van der Waals surface area (Å²) in [6.45, 7) is 9.86. The van der Waals surface area contributed by atoms with Crippen molar-refractivity contribution in [2.24, 2.45) is 4.99 Å². The first kappa shape index (κ1) is 30.8. The molecule has 1 atom stereocenters. The number of hydrogen-bond acceptors (Lipinski definition) is 9. The molecule has 0 saturated carbocycles. The molecule has 0 fully saturated rings. The highest BCUT2D eigenvalue weighted by Gasteiger charge is 2.18. The number of nitrogens with zero attached hydrogens (tertiary/aromatic N) is 4. The molecule has 2 amide bonds. The van der Waals surface area contributed by atoms with Gasteiger partial charge in [0.25, 0.3) is 0 Å². The lowest BCUT2D eigenvalue weighted by atomic mass is 9.94. The van der Waals surface area contributed by atoms with E-state index in [9.17, 15) is 9.59 Å². The van der Waals surface area contributed by atoms with Crippen molar-refractivity contribution in [2.75, 3.05) is 49.9 Å². The van der Waals surface area contributed by atoms with Crippen LogP contribution < -0.4 is 26.6 Å². The Hall–Kier alpha value is -4.12. The van der Waals surface area contributed by atoms with E-state index in [4.69, 9.17) is 0 Å². The number of carbonyl (C=O) groups excluding carboxylic acids is 2. The van der Waals surface area contributed by atoms with E-state index in [0.29, 0.717) is 58.0 Å². The molecule has 4 heterocycles. The molecule has 0 aliphatic carbocycles. The molecule has 42 heavy (non-hydrogen) atoms. The summed E-state index contributed by atoms with van der Waals surface area (Å²) >= 11 is 0. The molecule has 4 rings (SSSR count). The number of pyridine rings is 3. The first-order valence-corrected chi connectivity index (χ1v) is 14.9. The predicted octanol–water partition coefficient (Wildman–Crippen LogP) is 3.84. The zero-order valence-corrected chi connectivity index (χ0v) is 24.9. The molecular formula is C31H43N9O2. The Labute approximate surface area is 247 Å². The minimum Gasteiger partial charge on any atom is -0.370 e. The van der Waals surface area contributed by atoms with Crippen LogP contribution in [-0.2, 0) is 9.59 Å². The van der Waals surface area contributed by atoms with E-state index in [1.165, 1.54) is 5.56 Å². The van der Waals surface area contributed by atoms with Gasteiger partial charge in [-0.2, -0.15) is 0 Å². The van der Waals surface area contributed by atoms with Crippen LogP contribution in [0.15, 0.2) is 41.4 Å². The van der Waals surface area contributed by atoms with E-state index >= 15 is 0 Å². The quantitative estimate of drug-likeness (QED) is 0.163. The number of aryl methyl sites for hydroxylation is 1. The molecule has 1 aliphatic heterocycles. The van der Waals surface area contributed by atoms with Gasteiger partial charge in [-0.3, -0.25) is 9.59 Å². The van der Waals surface area contributed by atoms with Crippen LogP contribution >= 0.6 is 0 Å². The van der Waals surface area contributed by atoms with Crippen LogP contribution in [0, 0.1) is 6.92 Å². The van der Waals surface area contributed by atoms with E-state index in [1.54, 1.807) is 0 Å². The zero-order valence-electron chi connectivity index (χ0n) is 24.9. The molecular weight excluding hydrogens is 530 g/mol. The Morgan fingerprint density at radius 3 is 2.07 bits per heavy atom. The van der Waals surface area contributed by atoms with Gasteiger partial charge in [-0.15, -0.1) is 0 Å². The molecule has 1 aliphatic rings. The maximum atomic E-state index is 12.1. The minimum atomic E-state index is -0.00665. The fourth-order valence-electron chi connectivity index (χ4n) is 4.77. The smallest absolute Gasteiger partial charge is 0.221 e. The van der Waals surface area contributed by atoms with Crippen LogP contribution in [0.4, 0.5) is 17.5 Å². The Morgan fingerprint density at radius 1 is 0.762 bits per heavy atom. The third-order valence-electron chi connectivity index (χ3n) is 7.05. The van der Waals surface area contributed by atoms with Crippen LogP contribution in [0.2, 0.25) is 0 Å². The SMILES string of the molecule is CC1=Nc2nc(NCCCNC(=O)CCNCCC(=O)NCCCNc3ccc4ccc(C)nc4n3)ccc2C(C)C1. The fourth-order valence-corrected chi connectivity index (χ4v) is 4.77. The van der Waals surface area contributed by atoms with Crippen molar-refractivity contribution in [3.05, 3.63) is 47.7 Å². The lowest BCUT2D eigenvalue weighted by molar-refractivity contribution is -0.121. The van der Waals surface area contributed by atoms with E-state index in [1.807, 2.05) is 44.2 Å².